The van der Waals surface area contributed by atoms with Crippen molar-refractivity contribution in [2.24, 2.45) is 0 Å². The number of halogens is 1. The van der Waals surface area contributed by atoms with Crippen molar-refractivity contribution < 1.29 is 19.1 Å². The first kappa shape index (κ1) is 17.1. The lowest BCUT2D eigenvalue weighted by Crippen LogP contribution is -2.30. The quantitative estimate of drug-likeness (QED) is 0.468. The van der Waals surface area contributed by atoms with Gasteiger partial charge >= 0.3 is 6.03 Å². The zero-order valence-electron chi connectivity index (χ0n) is 12.9. The van der Waals surface area contributed by atoms with Crippen molar-refractivity contribution in [1.29, 1.82) is 0 Å². The van der Waals surface area contributed by atoms with Crippen molar-refractivity contribution in [2.75, 3.05) is 20.3 Å². The summed E-state index contributed by atoms with van der Waals surface area (Å²) in [5, 5.41) is 2.55. The summed E-state index contributed by atoms with van der Waals surface area (Å²) >= 11 is 3.43. The molecule has 2 rings (SSSR count). The summed E-state index contributed by atoms with van der Waals surface area (Å²) in [5.74, 6) is 0.747. The van der Waals surface area contributed by atoms with Gasteiger partial charge in [-0.15, -0.1) is 6.58 Å². The molecule has 0 atom stereocenters. The Balaban J connectivity index is 2.39. The largest absolute Gasteiger partial charge is 0.493 e. The van der Waals surface area contributed by atoms with E-state index in [1.54, 1.807) is 25.3 Å². The molecular weight excluding hydrogens is 364 g/mol. The number of hydrogen-bond donors (Lipinski definition) is 1. The number of urea groups is 1. The van der Waals surface area contributed by atoms with Crippen LogP contribution in [0.3, 0.4) is 0 Å². The van der Waals surface area contributed by atoms with E-state index in [1.807, 2.05) is 6.92 Å². The standard InChI is InChI=1S/C16H17BrN2O4/c1-4-6-19-15(20)12(18-16(19)21)7-10-8-14(23-5-2)13(22-3)9-11(10)17/h4,7-9H,1,5-6H2,2-3H3,(H,18,21)/b12-7+. The molecule has 0 unspecified atom stereocenters. The zero-order chi connectivity index (χ0) is 17.0. The second-order valence-corrected chi connectivity index (χ2v) is 5.50. The maximum atomic E-state index is 12.2. The van der Waals surface area contributed by atoms with Crippen LogP contribution in [0.2, 0.25) is 0 Å². The lowest BCUT2D eigenvalue weighted by molar-refractivity contribution is -0.122. The van der Waals surface area contributed by atoms with E-state index in [0.717, 1.165) is 9.37 Å². The van der Waals surface area contributed by atoms with E-state index in [2.05, 4.69) is 27.8 Å². The highest BCUT2D eigenvalue weighted by atomic mass is 79.9. The van der Waals surface area contributed by atoms with E-state index >= 15 is 0 Å². The second kappa shape index (κ2) is 7.32. The van der Waals surface area contributed by atoms with Crippen LogP contribution in [0.5, 0.6) is 11.5 Å². The van der Waals surface area contributed by atoms with Crippen molar-refractivity contribution in [3.8, 4) is 11.5 Å². The summed E-state index contributed by atoms with van der Waals surface area (Å²) in [6.45, 7) is 6.05. The highest BCUT2D eigenvalue weighted by molar-refractivity contribution is 9.10. The molecule has 1 aromatic carbocycles. The lowest BCUT2D eigenvalue weighted by atomic mass is 10.1. The Kier molecular flexibility index (Phi) is 5.44. The molecule has 0 aromatic heterocycles. The van der Waals surface area contributed by atoms with Gasteiger partial charge in [0, 0.05) is 11.0 Å². The third kappa shape index (κ3) is 3.56. The van der Waals surface area contributed by atoms with E-state index in [-0.39, 0.29) is 12.2 Å². The minimum atomic E-state index is -0.462. The van der Waals surface area contributed by atoms with Crippen molar-refractivity contribution in [3.05, 3.63) is 40.5 Å². The van der Waals surface area contributed by atoms with Gasteiger partial charge in [-0.2, -0.15) is 0 Å². The van der Waals surface area contributed by atoms with Gasteiger partial charge in [-0.05, 0) is 30.7 Å². The Morgan fingerprint density at radius 3 is 2.70 bits per heavy atom. The number of ether oxygens (including phenoxy) is 2. The molecule has 0 saturated carbocycles. The predicted molar refractivity (Wildman–Crippen MR) is 90.3 cm³/mol. The Hall–Kier alpha value is -2.28. The predicted octanol–water partition coefficient (Wildman–Crippen LogP) is 2.94. The fourth-order valence-corrected chi connectivity index (χ4v) is 2.55. The Morgan fingerprint density at radius 2 is 2.09 bits per heavy atom. The molecule has 1 aromatic rings. The van der Waals surface area contributed by atoms with Gasteiger partial charge in [0.25, 0.3) is 5.91 Å². The highest BCUT2D eigenvalue weighted by Gasteiger charge is 2.32. The van der Waals surface area contributed by atoms with Gasteiger partial charge in [-0.3, -0.25) is 9.69 Å². The van der Waals surface area contributed by atoms with E-state index in [4.69, 9.17) is 9.47 Å². The highest BCUT2D eigenvalue weighted by Crippen LogP contribution is 2.34. The van der Waals surface area contributed by atoms with Crippen LogP contribution in [0.4, 0.5) is 4.79 Å². The Labute approximate surface area is 142 Å². The van der Waals surface area contributed by atoms with Crippen LogP contribution < -0.4 is 14.8 Å². The van der Waals surface area contributed by atoms with Crippen LogP contribution in [0.1, 0.15) is 12.5 Å². The normalized spacial score (nSPS) is 15.8. The van der Waals surface area contributed by atoms with Crippen LogP contribution in [0, 0.1) is 0 Å². The third-order valence-electron chi connectivity index (χ3n) is 3.16. The molecule has 1 saturated heterocycles. The molecule has 6 nitrogen and oxygen atoms in total. The summed E-state index contributed by atoms with van der Waals surface area (Å²) < 4.78 is 11.5. The van der Waals surface area contributed by atoms with Gasteiger partial charge in [0.2, 0.25) is 0 Å². The fraction of sp³-hybridized carbons (Fsp3) is 0.250. The van der Waals surface area contributed by atoms with Gasteiger partial charge in [0.1, 0.15) is 5.70 Å². The van der Waals surface area contributed by atoms with Gasteiger partial charge in [0.05, 0.1) is 13.7 Å². The molecule has 1 aliphatic rings. The molecule has 1 aliphatic heterocycles. The Bertz CT molecular complexity index is 685. The van der Waals surface area contributed by atoms with Gasteiger partial charge in [-0.1, -0.05) is 22.0 Å². The number of carbonyl (C=O) groups is 2. The SMILES string of the molecule is C=CCN1C(=O)N/C(=C/c2cc(OCC)c(OC)cc2Br)C1=O. The third-order valence-corrected chi connectivity index (χ3v) is 3.84. The smallest absolute Gasteiger partial charge is 0.329 e. The number of methoxy groups -OCH3 is 1. The monoisotopic (exact) mass is 380 g/mol. The molecule has 0 spiro atoms. The van der Waals surface area contributed by atoms with Crippen LogP contribution in [0.15, 0.2) is 35.0 Å². The number of nitrogens with zero attached hydrogens (tertiary/aromatic N) is 1. The molecule has 122 valence electrons. The molecule has 1 fully saturated rings. The first-order valence-electron chi connectivity index (χ1n) is 6.97. The summed E-state index contributed by atoms with van der Waals surface area (Å²) in [6, 6.07) is 3.03. The number of nitrogens with one attached hydrogen (secondary N) is 1. The second-order valence-electron chi connectivity index (χ2n) is 4.65. The average Bonchev–Trinajstić information content (AvgIpc) is 2.78. The topological polar surface area (TPSA) is 67.9 Å². The number of carbonyl (C=O) groups excluding carboxylic acids is 2. The molecule has 0 radical (unpaired) electrons. The first-order valence-corrected chi connectivity index (χ1v) is 7.76. The summed E-state index contributed by atoms with van der Waals surface area (Å²) in [4.78, 5) is 25.1. The van der Waals surface area contributed by atoms with E-state index in [1.165, 1.54) is 6.08 Å². The molecule has 3 amide bonds. The molecular formula is C16H17BrN2O4. The van der Waals surface area contributed by atoms with Crippen LogP contribution >= 0.6 is 15.9 Å². The number of rotatable bonds is 6. The van der Waals surface area contributed by atoms with Crippen molar-refractivity contribution in [3.63, 3.8) is 0 Å². The number of hydrogen-bond acceptors (Lipinski definition) is 4. The van der Waals surface area contributed by atoms with E-state index in [9.17, 15) is 9.59 Å². The maximum absolute atomic E-state index is 12.2. The molecule has 1 heterocycles. The van der Waals surface area contributed by atoms with Crippen LogP contribution in [0.25, 0.3) is 6.08 Å². The van der Waals surface area contributed by atoms with Gasteiger partial charge in [0.15, 0.2) is 11.5 Å². The molecule has 0 bridgehead atoms. The van der Waals surface area contributed by atoms with Gasteiger partial charge < -0.3 is 14.8 Å². The fourth-order valence-electron chi connectivity index (χ4n) is 2.11. The van der Waals surface area contributed by atoms with Crippen molar-refractivity contribution >= 4 is 33.9 Å². The zero-order valence-corrected chi connectivity index (χ0v) is 14.5. The minimum Gasteiger partial charge on any atom is -0.493 e. The van der Waals surface area contributed by atoms with Crippen molar-refractivity contribution in [1.82, 2.24) is 10.2 Å². The number of amides is 3. The number of imide groups is 1. The average molecular weight is 381 g/mol. The lowest BCUT2D eigenvalue weighted by Gasteiger charge is -2.11. The molecule has 23 heavy (non-hydrogen) atoms. The number of benzene rings is 1. The van der Waals surface area contributed by atoms with Crippen LogP contribution in [-0.2, 0) is 4.79 Å². The minimum absolute atomic E-state index is 0.163. The van der Waals surface area contributed by atoms with E-state index in [0.29, 0.717) is 23.7 Å². The van der Waals surface area contributed by atoms with Gasteiger partial charge in [-0.25, -0.2) is 4.79 Å². The summed E-state index contributed by atoms with van der Waals surface area (Å²) in [5.41, 5.74) is 0.892. The molecule has 1 N–H and O–H groups in total. The summed E-state index contributed by atoms with van der Waals surface area (Å²) in [6.07, 6.45) is 3.09. The first-order chi connectivity index (χ1) is 11.0. The Morgan fingerprint density at radius 1 is 1.35 bits per heavy atom. The molecule has 7 heteroatoms. The van der Waals surface area contributed by atoms with E-state index < -0.39 is 11.9 Å². The van der Waals surface area contributed by atoms with Crippen LogP contribution in [-0.4, -0.2) is 37.1 Å². The summed E-state index contributed by atoms with van der Waals surface area (Å²) in [7, 11) is 1.55. The molecule has 0 aliphatic carbocycles. The maximum Gasteiger partial charge on any atom is 0.329 e. The van der Waals surface area contributed by atoms with Crippen molar-refractivity contribution in [2.45, 2.75) is 6.92 Å².